The summed E-state index contributed by atoms with van der Waals surface area (Å²) in [7, 11) is 1.36. The average molecular weight is 310 g/mol. The van der Waals surface area contributed by atoms with Crippen molar-refractivity contribution in [1.29, 1.82) is 0 Å². The van der Waals surface area contributed by atoms with Crippen molar-refractivity contribution in [3.63, 3.8) is 0 Å². The second-order valence-electron chi connectivity index (χ2n) is 4.47. The molecule has 0 radical (unpaired) electrons. The lowest BCUT2D eigenvalue weighted by molar-refractivity contribution is 0.0602. The minimum absolute atomic E-state index is 0.395. The molecule has 0 fully saturated rings. The summed E-state index contributed by atoms with van der Waals surface area (Å²) in [5.74, 6) is -0.395. The molecule has 1 aromatic heterocycles. The lowest BCUT2D eigenvalue weighted by Gasteiger charge is -2.11. The van der Waals surface area contributed by atoms with Crippen LogP contribution in [0.25, 0.3) is 0 Å². The van der Waals surface area contributed by atoms with E-state index in [1.807, 2.05) is 0 Å². The molecule has 5 heteroatoms. The van der Waals surface area contributed by atoms with E-state index >= 15 is 0 Å². The van der Waals surface area contributed by atoms with E-state index in [9.17, 15) is 4.79 Å². The van der Waals surface area contributed by atoms with E-state index in [4.69, 9.17) is 16.3 Å². The van der Waals surface area contributed by atoms with E-state index in [1.54, 1.807) is 29.5 Å². The van der Waals surface area contributed by atoms with Crippen LogP contribution in [-0.4, -0.2) is 13.1 Å². The Hall–Kier alpha value is -1.52. The van der Waals surface area contributed by atoms with Crippen LogP contribution in [0.5, 0.6) is 0 Å². The number of carbonyl (C=O) groups is 1. The minimum Gasteiger partial charge on any atom is -0.465 e. The van der Waals surface area contributed by atoms with Crippen molar-refractivity contribution in [2.75, 3.05) is 12.4 Å². The SMILES string of the molecule is COC(=O)c1cc(Cl)ccc1NCc1cc(C)sc1C. The molecule has 0 aliphatic carbocycles. The fraction of sp³-hybridized carbons (Fsp3) is 0.267. The molecule has 1 heterocycles. The molecule has 0 spiro atoms. The molecule has 0 bridgehead atoms. The summed E-state index contributed by atoms with van der Waals surface area (Å²) in [6.07, 6.45) is 0. The molecule has 0 unspecified atom stereocenters. The van der Waals surface area contributed by atoms with Crippen LogP contribution in [-0.2, 0) is 11.3 Å². The highest BCUT2D eigenvalue weighted by Gasteiger charge is 2.13. The summed E-state index contributed by atoms with van der Waals surface area (Å²) >= 11 is 7.70. The van der Waals surface area contributed by atoms with Gasteiger partial charge in [-0.1, -0.05) is 11.6 Å². The summed E-state index contributed by atoms with van der Waals surface area (Å²) in [4.78, 5) is 14.3. The quantitative estimate of drug-likeness (QED) is 0.850. The smallest absolute Gasteiger partial charge is 0.340 e. The van der Waals surface area contributed by atoms with Gasteiger partial charge < -0.3 is 10.1 Å². The third-order valence-corrected chi connectivity index (χ3v) is 4.24. The van der Waals surface area contributed by atoms with Crippen LogP contribution in [0.3, 0.4) is 0 Å². The summed E-state index contributed by atoms with van der Waals surface area (Å²) in [6.45, 7) is 4.85. The molecular formula is C15H16ClNO2S. The predicted octanol–water partition coefficient (Wildman–Crippen LogP) is 4.42. The van der Waals surface area contributed by atoms with E-state index in [2.05, 4.69) is 25.2 Å². The molecule has 1 N–H and O–H groups in total. The minimum atomic E-state index is -0.395. The Labute approximate surface area is 127 Å². The Balaban J connectivity index is 2.21. The van der Waals surface area contributed by atoms with E-state index in [1.165, 1.54) is 22.4 Å². The number of anilines is 1. The Morgan fingerprint density at radius 1 is 1.35 bits per heavy atom. The number of aryl methyl sites for hydroxylation is 2. The molecule has 0 saturated heterocycles. The molecule has 3 nitrogen and oxygen atoms in total. The van der Waals surface area contributed by atoms with Crippen LogP contribution in [0, 0.1) is 13.8 Å². The van der Waals surface area contributed by atoms with Crippen LogP contribution in [0.4, 0.5) is 5.69 Å². The summed E-state index contributed by atoms with van der Waals surface area (Å²) in [5, 5.41) is 3.79. The largest absolute Gasteiger partial charge is 0.465 e. The second-order valence-corrected chi connectivity index (χ2v) is 6.37. The van der Waals surface area contributed by atoms with Crippen molar-refractivity contribution in [3.05, 3.63) is 50.2 Å². The first kappa shape index (κ1) is 14.9. The summed E-state index contributed by atoms with van der Waals surface area (Å²) < 4.78 is 4.78. The highest BCUT2D eigenvalue weighted by atomic mass is 35.5. The van der Waals surface area contributed by atoms with Gasteiger partial charge in [-0.2, -0.15) is 0 Å². The normalized spacial score (nSPS) is 10.4. The molecule has 20 heavy (non-hydrogen) atoms. The summed E-state index contributed by atoms with van der Waals surface area (Å²) in [6, 6.07) is 7.31. The van der Waals surface area contributed by atoms with Crippen molar-refractivity contribution < 1.29 is 9.53 Å². The fourth-order valence-corrected chi connectivity index (χ4v) is 3.12. The monoisotopic (exact) mass is 309 g/mol. The zero-order chi connectivity index (χ0) is 14.7. The third kappa shape index (κ3) is 3.32. The van der Waals surface area contributed by atoms with Crippen molar-refractivity contribution in [1.82, 2.24) is 0 Å². The standard InChI is InChI=1S/C15H16ClNO2S/c1-9-6-11(10(2)20-9)8-17-14-5-4-12(16)7-13(14)15(18)19-3/h4-7,17H,8H2,1-3H3. The van der Waals surface area contributed by atoms with Gasteiger partial charge in [0.1, 0.15) is 0 Å². The number of rotatable bonds is 4. The molecular weight excluding hydrogens is 294 g/mol. The maximum absolute atomic E-state index is 11.8. The summed E-state index contributed by atoms with van der Waals surface area (Å²) in [5.41, 5.74) is 2.41. The van der Waals surface area contributed by atoms with Crippen LogP contribution < -0.4 is 5.32 Å². The Kier molecular flexibility index (Phi) is 4.68. The zero-order valence-electron chi connectivity index (χ0n) is 11.6. The van der Waals surface area contributed by atoms with Gasteiger partial charge in [-0.15, -0.1) is 11.3 Å². The van der Waals surface area contributed by atoms with Gasteiger partial charge in [-0.25, -0.2) is 4.79 Å². The van der Waals surface area contributed by atoms with Crippen molar-refractivity contribution in [2.24, 2.45) is 0 Å². The Bertz CT molecular complexity index is 637. The number of nitrogens with one attached hydrogen (secondary N) is 1. The highest BCUT2D eigenvalue weighted by Crippen LogP contribution is 2.25. The maximum Gasteiger partial charge on any atom is 0.340 e. The van der Waals surface area contributed by atoms with Crippen LogP contribution in [0.15, 0.2) is 24.3 Å². The molecule has 0 amide bonds. The van der Waals surface area contributed by atoms with Gasteiger partial charge in [-0.3, -0.25) is 0 Å². The number of carbonyl (C=O) groups excluding carboxylic acids is 1. The topological polar surface area (TPSA) is 38.3 Å². The maximum atomic E-state index is 11.8. The van der Waals surface area contributed by atoms with Crippen LogP contribution >= 0.6 is 22.9 Å². The molecule has 0 aliphatic rings. The van der Waals surface area contributed by atoms with Gasteiger partial charge in [-0.05, 0) is 43.7 Å². The van der Waals surface area contributed by atoms with Gasteiger partial charge >= 0.3 is 5.97 Å². The Morgan fingerprint density at radius 3 is 2.70 bits per heavy atom. The first-order valence-corrected chi connectivity index (χ1v) is 7.38. The zero-order valence-corrected chi connectivity index (χ0v) is 13.2. The van der Waals surface area contributed by atoms with Gasteiger partial charge in [0.05, 0.1) is 12.7 Å². The van der Waals surface area contributed by atoms with Gasteiger partial charge in [0.2, 0.25) is 0 Å². The molecule has 2 aromatic rings. The third-order valence-electron chi connectivity index (χ3n) is 3.00. The van der Waals surface area contributed by atoms with Crippen molar-refractivity contribution in [3.8, 4) is 0 Å². The number of halogens is 1. The predicted molar refractivity (Wildman–Crippen MR) is 83.9 cm³/mol. The van der Waals surface area contributed by atoms with Gasteiger partial charge in [0.15, 0.2) is 0 Å². The highest BCUT2D eigenvalue weighted by molar-refractivity contribution is 7.12. The first-order valence-electron chi connectivity index (χ1n) is 6.19. The molecule has 0 atom stereocenters. The van der Waals surface area contributed by atoms with Gasteiger partial charge in [0, 0.05) is 27.0 Å². The number of esters is 1. The number of hydrogen-bond donors (Lipinski definition) is 1. The number of hydrogen-bond acceptors (Lipinski definition) is 4. The molecule has 106 valence electrons. The van der Waals surface area contributed by atoms with Crippen LogP contribution in [0.2, 0.25) is 5.02 Å². The average Bonchev–Trinajstić information content (AvgIpc) is 2.74. The molecule has 0 saturated carbocycles. The van der Waals surface area contributed by atoms with Crippen molar-refractivity contribution in [2.45, 2.75) is 20.4 Å². The molecule has 2 rings (SSSR count). The van der Waals surface area contributed by atoms with Crippen molar-refractivity contribution >= 4 is 34.6 Å². The van der Waals surface area contributed by atoms with Gasteiger partial charge in [0.25, 0.3) is 0 Å². The fourth-order valence-electron chi connectivity index (χ4n) is 2.00. The number of ether oxygens (including phenoxy) is 1. The number of thiophene rings is 1. The number of benzene rings is 1. The van der Waals surface area contributed by atoms with E-state index in [-0.39, 0.29) is 0 Å². The second kappa shape index (κ2) is 6.29. The van der Waals surface area contributed by atoms with E-state index in [0.717, 1.165) is 5.69 Å². The molecule has 1 aromatic carbocycles. The first-order chi connectivity index (χ1) is 9.51. The van der Waals surface area contributed by atoms with E-state index < -0.39 is 5.97 Å². The molecule has 0 aliphatic heterocycles. The lowest BCUT2D eigenvalue weighted by Crippen LogP contribution is -2.08. The van der Waals surface area contributed by atoms with E-state index in [0.29, 0.717) is 17.1 Å². The lowest BCUT2D eigenvalue weighted by atomic mass is 10.1. The Morgan fingerprint density at radius 2 is 2.10 bits per heavy atom. The number of methoxy groups -OCH3 is 1. The van der Waals surface area contributed by atoms with Crippen LogP contribution in [0.1, 0.15) is 25.7 Å².